The number of aliphatic hydroxyl groups is 1. The van der Waals surface area contributed by atoms with Crippen molar-refractivity contribution in [1.29, 1.82) is 0 Å². The lowest BCUT2D eigenvalue weighted by Gasteiger charge is -2.17. The quantitative estimate of drug-likeness (QED) is 0.775. The third kappa shape index (κ3) is 3.22. The second kappa shape index (κ2) is 6.51. The van der Waals surface area contributed by atoms with Crippen LogP contribution < -0.4 is 10.1 Å². The zero-order valence-corrected chi connectivity index (χ0v) is 10.3. The molecule has 1 aromatic rings. The van der Waals surface area contributed by atoms with Gasteiger partial charge in [0.25, 0.3) is 0 Å². The first-order valence-corrected chi connectivity index (χ1v) is 5.74. The molecule has 0 aliphatic heterocycles. The Balaban J connectivity index is 2.85. The van der Waals surface area contributed by atoms with E-state index in [0.29, 0.717) is 6.61 Å². The van der Waals surface area contributed by atoms with Gasteiger partial charge < -0.3 is 15.2 Å². The number of benzene rings is 1. The van der Waals surface area contributed by atoms with E-state index in [4.69, 9.17) is 9.84 Å². The number of nitrogens with one attached hydrogen (secondary N) is 1. The summed E-state index contributed by atoms with van der Waals surface area (Å²) in [6.45, 7) is 4.90. The molecule has 0 fully saturated rings. The van der Waals surface area contributed by atoms with Gasteiger partial charge in [0.2, 0.25) is 0 Å². The van der Waals surface area contributed by atoms with Gasteiger partial charge in [0.15, 0.2) is 0 Å². The number of aliphatic hydroxyl groups excluding tert-OH is 1. The molecule has 0 aliphatic carbocycles. The lowest BCUT2D eigenvalue weighted by molar-refractivity contribution is 0.268. The third-order valence-electron chi connectivity index (χ3n) is 2.67. The van der Waals surface area contributed by atoms with Crippen LogP contribution in [0.25, 0.3) is 0 Å². The van der Waals surface area contributed by atoms with Gasteiger partial charge >= 0.3 is 0 Å². The van der Waals surface area contributed by atoms with Crippen molar-refractivity contribution in [2.45, 2.75) is 26.3 Å². The van der Waals surface area contributed by atoms with Gasteiger partial charge in [-0.15, -0.1) is 0 Å². The summed E-state index contributed by atoms with van der Waals surface area (Å²) in [5.41, 5.74) is 2.33. The van der Waals surface area contributed by atoms with Crippen LogP contribution in [-0.4, -0.2) is 25.4 Å². The molecule has 2 N–H and O–H groups in total. The van der Waals surface area contributed by atoms with Crippen LogP contribution in [0.2, 0.25) is 0 Å². The molecule has 1 unspecified atom stereocenters. The average Bonchev–Trinajstić information content (AvgIpc) is 2.29. The van der Waals surface area contributed by atoms with Crippen LogP contribution >= 0.6 is 0 Å². The van der Waals surface area contributed by atoms with Gasteiger partial charge in [-0.25, -0.2) is 0 Å². The van der Waals surface area contributed by atoms with E-state index in [2.05, 4.69) is 17.4 Å². The second-order valence-corrected chi connectivity index (χ2v) is 3.81. The number of ether oxygens (including phenoxy) is 1. The molecule has 3 nitrogen and oxygen atoms in total. The van der Waals surface area contributed by atoms with Crippen molar-refractivity contribution in [2.24, 2.45) is 0 Å². The number of aryl methyl sites for hydroxylation is 1. The van der Waals surface area contributed by atoms with Gasteiger partial charge in [-0.1, -0.05) is 12.1 Å². The molecule has 0 aromatic heterocycles. The molecule has 1 aromatic carbocycles. The first-order valence-electron chi connectivity index (χ1n) is 5.74. The Bertz CT molecular complexity index is 326. The third-order valence-corrected chi connectivity index (χ3v) is 2.67. The standard InChI is InChI=1S/C13H21NO2/c1-4-16-13-6-5-11(9-10(13)2)12(14-3)7-8-15/h5-6,9,12,14-15H,4,7-8H2,1-3H3. The van der Waals surface area contributed by atoms with E-state index in [-0.39, 0.29) is 12.6 Å². The average molecular weight is 223 g/mol. The van der Waals surface area contributed by atoms with Crippen molar-refractivity contribution >= 4 is 0 Å². The molecule has 3 heteroatoms. The Morgan fingerprint density at radius 2 is 2.19 bits per heavy atom. The predicted octanol–water partition coefficient (Wildman–Crippen LogP) is 2.04. The van der Waals surface area contributed by atoms with E-state index in [1.807, 2.05) is 27.0 Å². The summed E-state index contributed by atoms with van der Waals surface area (Å²) in [5.74, 6) is 0.935. The van der Waals surface area contributed by atoms with Crippen LogP contribution in [0.3, 0.4) is 0 Å². The zero-order valence-electron chi connectivity index (χ0n) is 10.3. The molecule has 0 amide bonds. The minimum Gasteiger partial charge on any atom is -0.494 e. The lowest BCUT2D eigenvalue weighted by atomic mass is 10.0. The number of rotatable bonds is 6. The zero-order chi connectivity index (χ0) is 12.0. The van der Waals surface area contributed by atoms with Crippen LogP contribution in [0.4, 0.5) is 0 Å². The summed E-state index contributed by atoms with van der Waals surface area (Å²) in [7, 11) is 1.91. The topological polar surface area (TPSA) is 41.5 Å². The highest BCUT2D eigenvalue weighted by Crippen LogP contribution is 2.24. The fraction of sp³-hybridized carbons (Fsp3) is 0.538. The lowest BCUT2D eigenvalue weighted by Crippen LogP contribution is -2.17. The monoisotopic (exact) mass is 223 g/mol. The highest BCUT2D eigenvalue weighted by molar-refractivity contribution is 5.37. The maximum atomic E-state index is 8.97. The molecular formula is C13H21NO2. The van der Waals surface area contributed by atoms with Crippen LogP contribution in [0.5, 0.6) is 5.75 Å². The van der Waals surface area contributed by atoms with E-state index in [1.165, 1.54) is 5.56 Å². The van der Waals surface area contributed by atoms with Gasteiger partial charge in [0.05, 0.1) is 6.61 Å². The van der Waals surface area contributed by atoms with E-state index in [9.17, 15) is 0 Å². The molecule has 0 spiro atoms. The molecule has 0 saturated heterocycles. The fourth-order valence-electron chi connectivity index (χ4n) is 1.81. The van der Waals surface area contributed by atoms with Gasteiger partial charge in [-0.05, 0) is 44.5 Å². The number of hydrogen-bond acceptors (Lipinski definition) is 3. The van der Waals surface area contributed by atoms with Crippen molar-refractivity contribution in [3.05, 3.63) is 29.3 Å². The van der Waals surface area contributed by atoms with Crippen LogP contribution in [-0.2, 0) is 0 Å². The van der Waals surface area contributed by atoms with E-state index in [0.717, 1.165) is 17.7 Å². The van der Waals surface area contributed by atoms with Gasteiger partial charge in [-0.3, -0.25) is 0 Å². The molecule has 16 heavy (non-hydrogen) atoms. The normalized spacial score (nSPS) is 12.5. The maximum absolute atomic E-state index is 8.97. The Kier molecular flexibility index (Phi) is 5.29. The predicted molar refractivity (Wildman–Crippen MR) is 65.9 cm³/mol. The Morgan fingerprint density at radius 1 is 1.44 bits per heavy atom. The molecule has 1 atom stereocenters. The molecule has 0 radical (unpaired) electrons. The molecule has 0 bridgehead atoms. The van der Waals surface area contributed by atoms with Crippen LogP contribution in [0.1, 0.15) is 30.5 Å². The summed E-state index contributed by atoms with van der Waals surface area (Å²) in [5, 5.41) is 12.2. The van der Waals surface area contributed by atoms with Gasteiger partial charge in [0.1, 0.15) is 5.75 Å². The molecule has 90 valence electrons. The highest BCUT2D eigenvalue weighted by Gasteiger charge is 2.09. The largest absolute Gasteiger partial charge is 0.494 e. The Hall–Kier alpha value is -1.06. The van der Waals surface area contributed by atoms with E-state index in [1.54, 1.807) is 0 Å². The molecule has 0 aliphatic rings. The summed E-state index contributed by atoms with van der Waals surface area (Å²) >= 11 is 0. The van der Waals surface area contributed by atoms with Gasteiger partial charge in [0, 0.05) is 12.6 Å². The van der Waals surface area contributed by atoms with Crippen LogP contribution in [0, 0.1) is 6.92 Å². The highest BCUT2D eigenvalue weighted by atomic mass is 16.5. The summed E-state index contributed by atoms with van der Waals surface area (Å²) in [6, 6.07) is 6.37. The first-order chi connectivity index (χ1) is 7.72. The molecular weight excluding hydrogens is 202 g/mol. The van der Waals surface area contributed by atoms with E-state index >= 15 is 0 Å². The van der Waals surface area contributed by atoms with E-state index < -0.39 is 0 Å². The van der Waals surface area contributed by atoms with Crippen molar-refractivity contribution in [1.82, 2.24) is 5.32 Å². The molecule has 0 heterocycles. The minimum absolute atomic E-state index is 0.192. The Morgan fingerprint density at radius 3 is 2.69 bits per heavy atom. The smallest absolute Gasteiger partial charge is 0.122 e. The van der Waals surface area contributed by atoms with Crippen molar-refractivity contribution in [3.8, 4) is 5.75 Å². The van der Waals surface area contributed by atoms with Crippen LogP contribution in [0.15, 0.2) is 18.2 Å². The SMILES string of the molecule is CCOc1ccc(C(CCO)NC)cc1C. The first kappa shape index (κ1) is 13.0. The molecule has 0 saturated carbocycles. The summed E-state index contributed by atoms with van der Waals surface area (Å²) < 4.78 is 5.50. The van der Waals surface area contributed by atoms with Crippen molar-refractivity contribution in [2.75, 3.05) is 20.3 Å². The Labute approximate surface area is 97.4 Å². The van der Waals surface area contributed by atoms with Gasteiger partial charge in [-0.2, -0.15) is 0 Å². The second-order valence-electron chi connectivity index (χ2n) is 3.81. The molecule has 1 rings (SSSR count). The maximum Gasteiger partial charge on any atom is 0.122 e. The summed E-state index contributed by atoms with van der Waals surface area (Å²) in [6.07, 6.45) is 0.726. The fourth-order valence-corrected chi connectivity index (χ4v) is 1.81. The van der Waals surface area contributed by atoms with Crippen molar-refractivity contribution < 1.29 is 9.84 Å². The minimum atomic E-state index is 0.192. The summed E-state index contributed by atoms with van der Waals surface area (Å²) in [4.78, 5) is 0. The van der Waals surface area contributed by atoms with Crippen molar-refractivity contribution in [3.63, 3.8) is 0 Å². The number of hydrogen-bond donors (Lipinski definition) is 2.